The van der Waals surface area contributed by atoms with E-state index >= 15 is 0 Å². The van der Waals surface area contributed by atoms with Crippen LogP contribution in [0.3, 0.4) is 0 Å². The first-order valence-corrected chi connectivity index (χ1v) is 5.25. The number of hydrogen-bond donors (Lipinski definition) is 1. The minimum absolute atomic E-state index is 0.0620. The van der Waals surface area contributed by atoms with Gasteiger partial charge in [0.25, 0.3) is 0 Å². The van der Waals surface area contributed by atoms with Crippen molar-refractivity contribution in [3.63, 3.8) is 0 Å². The van der Waals surface area contributed by atoms with E-state index in [1.165, 1.54) is 0 Å². The molecule has 6 heteroatoms. The number of hydrogen-bond acceptors (Lipinski definition) is 4. The molecule has 1 amide bonds. The number of carboxylic acid groups (broad SMARTS) is 1. The summed E-state index contributed by atoms with van der Waals surface area (Å²) in [5.41, 5.74) is -0.694. The summed E-state index contributed by atoms with van der Waals surface area (Å²) in [5.74, 6) is -1.14. The Kier molecular flexibility index (Phi) is 5.45. The molecule has 0 aromatic carbocycles. The third-order valence-electron chi connectivity index (χ3n) is 1.85. The average molecular weight is 242 g/mol. The molecule has 0 aromatic heterocycles. The van der Waals surface area contributed by atoms with Gasteiger partial charge in [0.05, 0.1) is 12.5 Å². The van der Waals surface area contributed by atoms with Crippen LogP contribution in [0.1, 0.15) is 34.1 Å². The first-order chi connectivity index (χ1) is 7.67. The lowest BCUT2D eigenvalue weighted by Crippen LogP contribution is -2.44. The highest BCUT2D eigenvalue weighted by atomic mass is 16.6. The lowest BCUT2D eigenvalue weighted by atomic mass is 10.2. The SMILES string of the molecule is C[C@H](CC#N)N(CC(=O)O)C(=O)OC(C)(C)C. The summed E-state index contributed by atoms with van der Waals surface area (Å²) in [5, 5.41) is 17.3. The molecule has 0 bridgehead atoms. The van der Waals surface area contributed by atoms with Crippen LogP contribution in [0.2, 0.25) is 0 Å². The summed E-state index contributed by atoms with van der Waals surface area (Å²) >= 11 is 0. The fraction of sp³-hybridized carbons (Fsp3) is 0.727. The van der Waals surface area contributed by atoms with Crippen molar-refractivity contribution < 1.29 is 19.4 Å². The summed E-state index contributed by atoms with van der Waals surface area (Å²) in [6.45, 7) is 6.21. The van der Waals surface area contributed by atoms with Gasteiger partial charge in [-0.2, -0.15) is 5.26 Å². The highest BCUT2D eigenvalue weighted by Crippen LogP contribution is 2.13. The highest BCUT2D eigenvalue weighted by molar-refractivity contribution is 5.77. The van der Waals surface area contributed by atoms with Gasteiger partial charge in [0.2, 0.25) is 0 Å². The predicted octanol–water partition coefficient (Wildman–Crippen LogP) is 1.61. The normalized spacial score (nSPS) is 12.4. The Labute approximate surface area is 101 Å². The quantitative estimate of drug-likeness (QED) is 0.808. The number of rotatable bonds is 4. The summed E-state index contributed by atoms with van der Waals surface area (Å²) in [4.78, 5) is 23.4. The number of nitrogens with zero attached hydrogens (tertiary/aromatic N) is 2. The third kappa shape index (κ3) is 6.40. The zero-order chi connectivity index (χ0) is 13.6. The maximum Gasteiger partial charge on any atom is 0.411 e. The van der Waals surface area contributed by atoms with Crippen LogP contribution in [-0.2, 0) is 9.53 Å². The molecule has 0 saturated heterocycles. The van der Waals surface area contributed by atoms with Crippen LogP contribution in [0.25, 0.3) is 0 Å². The van der Waals surface area contributed by atoms with Crippen molar-refractivity contribution in [1.29, 1.82) is 5.26 Å². The van der Waals surface area contributed by atoms with Gasteiger partial charge >= 0.3 is 12.1 Å². The molecule has 0 aliphatic heterocycles. The second kappa shape index (κ2) is 6.09. The molecule has 0 aliphatic rings. The van der Waals surface area contributed by atoms with Crippen molar-refractivity contribution in [2.45, 2.75) is 45.8 Å². The van der Waals surface area contributed by atoms with E-state index in [4.69, 9.17) is 15.1 Å². The Morgan fingerprint density at radius 1 is 1.47 bits per heavy atom. The van der Waals surface area contributed by atoms with Gasteiger partial charge in [0.1, 0.15) is 12.1 Å². The van der Waals surface area contributed by atoms with E-state index in [1.807, 2.05) is 6.07 Å². The first kappa shape index (κ1) is 15.2. The molecule has 96 valence electrons. The van der Waals surface area contributed by atoms with Crippen molar-refractivity contribution >= 4 is 12.1 Å². The number of ether oxygens (including phenoxy) is 1. The van der Waals surface area contributed by atoms with Crippen LogP contribution in [-0.4, -0.2) is 40.3 Å². The van der Waals surface area contributed by atoms with Gasteiger partial charge in [-0.15, -0.1) is 0 Å². The second-order valence-corrected chi connectivity index (χ2v) is 4.71. The summed E-state index contributed by atoms with van der Waals surface area (Å²) < 4.78 is 5.08. The summed E-state index contributed by atoms with van der Waals surface area (Å²) in [6, 6.07) is 1.40. The average Bonchev–Trinajstić information content (AvgIpc) is 2.11. The molecule has 0 unspecified atom stereocenters. The minimum Gasteiger partial charge on any atom is -0.480 e. The van der Waals surface area contributed by atoms with E-state index in [2.05, 4.69) is 0 Å². The maximum absolute atomic E-state index is 11.7. The molecule has 0 saturated carbocycles. The standard InChI is InChI=1S/C11H18N2O4/c1-8(5-6-12)13(7-9(14)15)10(16)17-11(2,3)4/h8H,5,7H2,1-4H3,(H,14,15)/t8-/m1/s1. The van der Waals surface area contributed by atoms with Gasteiger partial charge in [-0.3, -0.25) is 9.69 Å². The van der Waals surface area contributed by atoms with Gasteiger partial charge in [-0.25, -0.2) is 4.79 Å². The molecule has 1 N–H and O–H groups in total. The number of aliphatic carboxylic acids is 1. The van der Waals surface area contributed by atoms with Gasteiger partial charge in [0.15, 0.2) is 0 Å². The topological polar surface area (TPSA) is 90.6 Å². The van der Waals surface area contributed by atoms with Gasteiger partial charge in [0, 0.05) is 6.04 Å². The van der Waals surface area contributed by atoms with E-state index in [0.29, 0.717) is 0 Å². The Bertz CT molecular complexity index is 327. The van der Waals surface area contributed by atoms with Crippen LogP contribution in [0.5, 0.6) is 0 Å². The number of carboxylic acids is 1. The van der Waals surface area contributed by atoms with Crippen molar-refractivity contribution in [2.24, 2.45) is 0 Å². The van der Waals surface area contributed by atoms with Crippen LogP contribution >= 0.6 is 0 Å². The van der Waals surface area contributed by atoms with Crippen molar-refractivity contribution in [2.75, 3.05) is 6.54 Å². The van der Waals surface area contributed by atoms with Gasteiger partial charge < -0.3 is 9.84 Å². The van der Waals surface area contributed by atoms with Gasteiger partial charge in [-0.1, -0.05) is 0 Å². The van der Waals surface area contributed by atoms with E-state index in [-0.39, 0.29) is 6.42 Å². The van der Waals surface area contributed by atoms with E-state index in [1.54, 1.807) is 27.7 Å². The van der Waals surface area contributed by atoms with Crippen molar-refractivity contribution in [3.05, 3.63) is 0 Å². The van der Waals surface area contributed by atoms with Gasteiger partial charge in [-0.05, 0) is 27.7 Å². The second-order valence-electron chi connectivity index (χ2n) is 4.71. The Balaban J connectivity index is 4.74. The van der Waals surface area contributed by atoms with E-state index in [0.717, 1.165) is 4.90 Å². The minimum atomic E-state index is -1.14. The smallest absolute Gasteiger partial charge is 0.411 e. The maximum atomic E-state index is 11.7. The van der Waals surface area contributed by atoms with E-state index in [9.17, 15) is 9.59 Å². The Morgan fingerprint density at radius 3 is 2.35 bits per heavy atom. The molecule has 0 aliphatic carbocycles. The molecule has 0 fully saturated rings. The summed E-state index contributed by atoms with van der Waals surface area (Å²) in [7, 11) is 0. The highest BCUT2D eigenvalue weighted by Gasteiger charge is 2.27. The molecule has 0 heterocycles. The van der Waals surface area contributed by atoms with Crippen LogP contribution in [0.4, 0.5) is 4.79 Å². The monoisotopic (exact) mass is 242 g/mol. The molecular formula is C11H18N2O4. The van der Waals surface area contributed by atoms with Crippen molar-refractivity contribution in [1.82, 2.24) is 4.90 Å². The fourth-order valence-electron chi connectivity index (χ4n) is 1.11. The predicted molar refractivity (Wildman–Crippen MR) is 60.3 cm³/mol. The van der Waals surface area contributed by atoms with Crippen molar-refractivity contribution in [3.8, 4) is 6.07 Å². The largest absolute Gasteiger partial charge is 0.480 e. The molecule has 0 spiro atoms. The summed E-state index contributed by atoms with van der Waals surface area (Å²) in [6.07, 6.45) is -0.658. The number of nitriles is 1. The van der Waals surface area contributed by atoms with Crippen LogP contribution in [0.15, 0.2) is 0 Å². The molecule has 0 rings (SSSR count). The molecule has 1 atom stereocenters. The fourth-order valence-corrected chi connectivity index (χ4v) is 1.11. The number of amides is 1. The number of carbonyl (C=O) groups excluding carboxylic acids is 1. The number of carbonyl (C=O) groups is 2. The molecule has 17 heavy (non-hydrogen) atoms. The third-order valence-corrected chi connectivity index (χ3v) is 1.85. The molecule has 0 aromatic rings. The molecule has 0 radical (unpaired) electrons. The Hall–Kier alpha value is -1.77. The zero-order valence-corrected chi connectivity index (χ0v) is 10.6. The van der Waals surface area contributed by atoms with Crippen LogP contribution < -0.4 is 0 Å². The van der Waals surface area contributed by atoms with E-state index < -0.39 is 30.3 Å². The van der Waals surface area contributed by atoms with Crippen LogP contribution in [0, 0.1) is 11.3 Å². The Morgan fingerprint density at radius 2 is 2.00 bits per heavy atom. The lowest BCUT2D eigenvalue weighted by Gasteiger charge is -2.29. The molecule has 6 nitrogen and oxygen atoms in total. The first-order valence-electron chi connectivity index (χ1n) is 5.25. The lowest BCUT2D eigenvalue weighted by molar-refractivity contribution is -0.138. The molecular weight excluding hydrogens is 224 g/mol. The zero-order valence-electron chi connectivity index (χ0n) is 10.6.